The van der Waals surface area contributed by atoms with Crippen molar-refractivity contribution >= 4 is 34.9 Å². The monoisotopic (exact) mass is 551 g/mol. The zero-order valence-electron chi connectivity index (χ0n) is 24.5. The number of urea groups is 1. The van der Waals surface area contributed by atoms with E-state index in [9.17, 15) is 4.79 Å². The molecule has 1 aromatic heterocycles. The first-order chi connectivity index (χ1) is 19.9. The molecule has 3 saturated carbocycles. The Morgan fingerprint density at radius 1 is 0.902 bits per heavy atom. The van der Waals surface area contributed by atoms with Gasteiger partial charge in [0.25, 0.3) is 0 Å². The molecule has 0 radical (unpaired) electrons. The second-order valence-electron chi connectivity index (χ2n) is 12.6. The number of anilines is 5. The largest absolute Gasteiger partial charge is 0.369 e. The number of nitrogens with one attached hydrogen (secondary N) is 1. The minimum Gasteiger partial charge on any atom is -0.369 e. The van der Waals surface area contributed by atoms with Gasteiger partial charge in [0.15, 0.2) is 0 Å². The number of carbonyl (C=O) groups excluding carboxylic acids is 1. The molecule has 8 heteroatoms. The van der Waals surface area contributed by atoms with E-state index in [0.29, 0.717) is 24.3 Å². The van der Waals surface area contributed by atoms with Crippen LogP contribution in [-0.4, -0.2) is 60.2 Å². The molecule has 8 nitrogen and oxygen atoms in total. The van der Waals surface area contributed by atoms with Gasteiger partial charge in [-0.25, -0.2) is 9.78 Å². The van der Waals surface area contributed by atoms with Crippen molar-refractivity contribution in [2.75, 3.05) is 53.2 Å². The number of hydrogen-bond acceptors (Lipinski definition) is 6. The predicted octanol–water partition coefficient (Wildman–Crippen LogP) is 6.11. The van der Waals surface area contributed by atoms with Gasteiger partial charge in [-0.15, -0.1) is 0 Å². The molecule has 1 N–H and O–H groups in total. The fraction of sp³-hybridized carbons (Fsp3) is 0.485. The standard InChI is InChI=1S/C33H41N7O/c1-22-5-4-6-23(2)30(22)39-21-26-20-34-32(35-27-11-13-28(14-12-27)38-17-15-37(3)16-18-38)36-31(26)40(33(39)41)29-19-24-7-9-25(29)10-8-24/h4-6,11-14,20,24-25,29H,7-10,15-19,21H2,1-3H3,(H,34,35,36). The van der Waals surface area contributed by atoms with E-state index < -0.39 is 0 Å². The minimum absolute atomic E-state index is 0.0497. The summed E-state index contributed by atoms with van der Waals surface area (Å²) in [6, 6.07) is 15.0. The molecule has 3 aliphatic carbocycles. The summed E-state index contributed by atoms with van der Waals surface area (Å²) in [5.74, 6) is 2.55. The van der Waals surface area contributed by atoms with E-state index in [2.05, 4.69) is 78.5 Å². The maximum atomic E-state index is 14.4. The lowest BCUT2D eigenvalue weighted by molar-refractivity contribution is 0.141. The minimum atomic E-state index is 0.0497. The van der Waals surface area contributed by atoms with E-state index in [-0.39, 0.29) is 12.1 Å². The summed E-state index contributed by atoms with van der Waals surface area (Å²) in [6.45, 7) is 8.93. The number of para-hydroxylation sites is 1. The summed E-state index contributed by atoms with van der Waals surface area (Å²) >= 11 is 0. The number of likely N-dealkylation sites (N-methyl/N-ethyl adjacent to an activating group) is 1. The molecule has 0 spiro atoms. The highest BCUT2D eigenvalue weighted by Crippen LogP contribution is 2.46. The molecule has 3 aromatic rings. The van der Waals surface area contributed by atoms with Gasteiger partial charge in [-0.05, 0) is 87.4 Å². The molecule has 214 valence electrons. The van der Waals surface area contributed by atoms with Gasteiger partial charge in [-0.2, -0.15) is 4.98 Å². The van der Waals surface area contributed by atoms with Gasteiger partial charge in [0.2, 0.25) is 5.95 Å². The lowest BCUT2D eigenvalue weighted by Crippen LogP contribution is -2.57. The average Bonchev–Trinajstić information content (AvgIpc) is 2.99. The highest BCUT2D eigenvalue weighted by molar-refractivity contribution is 6.06. The molecule has 5 aliphatic rings. The molecule has 41 heavy (non-hydrogen) atoms. The maximum absolute atomic E-state index is 14.4. The molecule has 1 saturated heterocycles. The number of piperazine rings is 1. The summed E-state index contributed by atoms with van der Waals surface area (Å²) in [5.41, 5.74) is 6.44. The van der Waals surface area contributed by atoms with Gasteiger partial charge in [-0.1, -0.05) is 31.0 Å². The van der Waals surface area contributed by atoms with Crippen LogP contribution in [0.3, 0.4) is 0 Å². The fourth-order valence-electron chi connectivity index (χ4n) is 7.55. The van der Waals surface area contributed by atoms with E-state index in [1.54, 1.807) is 0 Å². The van der Waals surface area contributed by atoms with Crippen LogP contribution in [0.4, 0.5) is 33.6 Å². The van der Waals surface area contributed by atoms with E-state index in [0.717, 1.165) is 66.5 Å². The van der Waals surface area contributed by atoms with Gasteiger partial charge < -0.3 is 15.1 Å². The normalized spacial score (nSPS) is 24.5. The number of benzene rings is 2. The second kappa shape index (κ2) is 10.6. The van der Waals surface area contributed by atoms with Crippen LogP contribution < -0.4 is 20.0 Å². The van der Waals surface area contributed by atoms with E-state index in [1.165, 1.54) is 31.4 Å². The second-order valence-corrected chi connectivity index (χ2v) is 12.6. The number of hydrogen-bond donors (Lipinski definition) is 1. The van der Waals surface area contributed by atoms with E-state index in [4.69, 9.17) is 9.97 Å². The number of rotatable bonds is 5. The fourth-order valence-corrected chi connectivity index (χ4v) is 7.55. The molecule has 8 rings (SSSR count). The summed E-state index contributed by atoms with van der Waals surface area (Å²) in [5, 5.41) is 3.42. The van der Waals surface area contributed by atoms with Crippen LogP contribution in [-0.2, 0) is 6.54 Å². The van der Waals surface area contributed by atoms with Crippen LogP contribution in [0.5, 0.6) is 0 Å². The number of amides is 2. The summed E-state index contributed by atoms with van der Waals surface area (Å²) in [7, 11) is 2.18. The summed E-state index contributed by atoms with van der Waals surface area (Å²) in [6.07, 6.45) is 7.97. The molecule has 2 aromatic carbocycles. The van der Waals surface area contributed by atoms with Crippen LogP contribution in [0.15, 0.2) is 48.7 Å². The molecular weight excluding hydrogens is 510 g/mol. The van der Waals surface area contributed by atoms with Gasteiger partial charge >= 0.3 is 6.03 Å². The number of aryl methyl sites for hydroxylation is 2. The Morgan fingerprint density at radius 3 is 2.27 bits per heavy atom. The highest BCUT2D eigenvalue weighted by atomic mass is 16.2. The number of aromatic nitrogens is 2. The zero-order chi connectivity index (χ0) is 28.1. The maximum Gasteiger partial charge on any atom is 0.330 e. The Morgan fingerprint density at radius 2 is 1.61 bits per heavy atom. The van der Waals surface area contributed by atoms with Crippen molar-refractivity contribution in [3.05, 3.63) is 65.4 Å². The van der Waals surface area contributed by atoms with Gasteiger partial charge in [0.05, 0.1) is 12.2 Å². The number of fused-ring (bicyclic) bond motifs is 4. The Balaban J connectivity index is 1.19. The summed E-state index contributed by atoms with van der Waals surface area (Å²) in [4.78, 5) is 33.0. The Bertz CT molecular complexity index is 1400. The van der Waals surface area contributed by atoms with Crippen molar-refractivity contribution in [1.29, 1.82) is 0 Å². The van der Waals surface area contributed by atoms with Crippen molar-refractivity contribution in [3.63, 3.8) is 0 Å². The van der Waals surface area contributed by atoms with Crippen molar-refractivity contribution < 1.29 is 4.79 Å². The van der Waals surface area contributed by atoms with Crippen molar-refractivity contribution in [2.24, 2.45) is 11.8 Å². The Labute approximate surface area is 243 Å². The molecule has 1 atom stereocenters. The van der Waals surface area contributed by atoms with Crippen molar-refractivity contribution in [2.45, 2.75) is 58.5 Å². The number of nitrogens with zero attached hydrogens (tertiary/aromatic N) is 6. The first-order valence-corrected chi connectivity index (χ1v) is 15.3. The zero-order valence-corrected chi connectivity index (χ0v) is 24.5. The van der Waals surface area contributed by atoms with Crippen molar-refractivity contribution in [1.82, 2.24) is 14.9 Å². The topological polar surface area (TPSA) is 67.8 Å². The quantitative estimate of drug-likeness (QED) is 0.413. The molecular formula is C33H41N7O. The first-order valence-electron chi connectivity index (χ1n) is 15.3. The lowest BCUT2D eigenvalue weighted by Gasteiger charge is -2.49. The third-order valence-electron chi connectivity index (χ3n) is 9.88. The third-order valence-corrected chi connectivity index (χ3v) is 9.88. The van der Waals surface area contributed by atoms with Gasteiger partial charge in [-0.3, -0.25) is 9.80 Å². The highest BCUT2D eigenvalue weighted by Gasteiger charge is 2.45. The molecule has 2 aliphatic heterocycles. The van der Waals surface area contributed by atoms with Crippen LogP contribution in [0.2, 0.25) is 0 Å². The average molecular weight is 552 g/mol. The van der Waals surface area contributed by atoms with Crippen molar-refractivity contribution in [3.8, 4) is 0 Å². The van der Waals surface area contributed by atoms with E-state index >= 15 is 0 Å². The SMILES string of the molecule is Cc1cccc(C)c1N1Cc2cnc(Nc3ccc(N4CCN(C)CC4)cc3)nc2N(C2CC3CCC2CC3)C1=O. The van der Waals surface area contributed by atoms with E-state index in [1.807, 2.05) is 16.0 Å². The van der Waals surface area contributed by atoms with Crippen LogP contribution in [0.1, 0.15) is 48.8 Å². The number of carbonyl (C=O) groups is 1. The molecule has 2 amide bonds. The Kier molecular flexibility index (Phi) is 6.81. The smallest absolute Gasteiger partial charge is 0.330 e. The predicted molar refractivity (Wildman–Crippen MR) is 165 cm³/mol. The lowest BCUT2D eigenvalue weighted by atomic mass is 9.67. The molecule has 4 fully saturated rings. The van der Waals surface area contributed by atoms with Crippen LogP contribution >= 0.6 is 0 Å². The van der Waals surface area contributed by atoms with Gasteiger partial charge in [0.1, 0.15) is 5.82 Å². The molecule has 3 heterocycles. The first kappa shape index (κ1) is 26.3. The molecule has 2 bridgehead atoms. The molecule has 1 unspecified atom stereocenters. The Hall–Kier alpha value is -3.65. The third kappa shape index (κ3) is 4.92. The van der Waals surface area contributed by atoms with Crippen LogP contribution in [0, 0.1) is 25.7 Å². The summed E-state index contributed by atoms with van der Waals surface area (Å²) < 4.78 is 0. The van der Waals surface area contributed by atoms with Gasteiger partial charge in [0, 0.05) is 55.4 Å². The van der Waals surface area contributed by atoms with Crippen LogP contribution in [0.25, 0.3) is 0 Å².